The van der Waals surface area contributed by atoms with Gasteiger partial charge in [-0.05, 0) is 36.8 Å². The third kappa shape index (κ3) is 3.75. The van der Waals surface area contributed by atoms with Crippen molar-refractivity contribution in [2.45, 2.75) is 13.5 Å². The quantitative estimate of drug-likeness (QED) is 0.776. The van der Waals surface area contributed by atoms with Gasteiger partial charge in [-0.25, -0.2) is 4.98 Å². The van der Waals surface area contributed by atoms with Gasteiger partial charge in [0.1, 0.15) is 9.88 Å². The van der Waals surface area contributed by atoms with Gasteiger partial charge in [0, 0.05) is 17.8 Å². The summed E-state index contributed by atoms with van der Waals surface area (Å²) in [6.45, 7) is 2.26. The summed E-state index contributed by atoms with van der Waals surface area (Å²) in [4.78, 5) is 21.7. The van der Waals surface area contributed by atoms with Crippen molar-refractivity contribution in [3.05, 3.63) is 69.8 Å². The highest BCUT2D eigenvalue weighted by Crippen LogP contribution is 2.26. The zero-order valence-electron chi connectivity index (χ0n) is 12.4. The van der Waals surface area contributed by atoms with Crippen molar-refractivity contribution in [2.75, 3.05) is 0 Å². The van der Waals surface area contributed by atoms with Gasteiger partial charge < -0.3 is 5.32 Å². The summed E-state index contributed by atoms with van der Waals surface area (Å²) in [5.41, 5.74) is 2.44. The van der Waals surface area contributed by atoms with Crippen LogP contribution in [0, 0.1) is 6.92 Å². The van der Waals surface area contributed by atoms with E-state index in [4.69, 9.17) is 11.6 Å². The Morgan fingerprint density at radius 2 is 2.13 bits per heavy atom. The summed E-state index contributed by atoms with van der Waals surface area (Å²) in [6.07, 6.45) is 1.71. The van der Waals surface area contributed by atoms with Crippen LogP contribution in [0.4, 0.5) is 0 Å². The van der Waals surface area contributed by atoms with E-state index in [9.17, 15) is 4.79 Å². The van der Waals surface area contributed by atoms with Crippen molar-refractivity contribution in [3.63, 3.8) is 0 Å². The van der Waals surface area contributed by atoms with E-state index in [1.54, 1.807) is 12.3 Å². The Morgan fingerprint density at radius 3 is 2.87 bits per heavy atom. The van der Waals surface area contributed by atoms with Crippen molar-refractivity contribution in [1.82, 2.24) is 15.3 Å². The first-order chi connectivity index (χ1) is 11.1. The second-order valence-corrected chi connectivity index (χ2v) is 6.40. The third-order valence-electron chi connectivity index (χ3n) is 3.23. The molecule has 3 aromatic rings. The third-order valence-corrected chi connectivity index (χ3v) is 4.64. The van der Waals surface area contributed by atoms with Gasteiger partial charge in [0.25, 0.3) is 5.91 Å². The van der Waals surface area contributed by atoms with E-state index < -0.39 is 0 Å². The molecule has 0 unspecified atom stereocenters. The molecule has 0 bridgehead atoms. The lowest BCUT2D eigenvalue weighted by molar-refractivity contribution is 0.0954. The Bertz CT molecular complexity index is 833. The predicted octanol–water partition coefficient (Wildman–Crippen LogP) is 4.10. The number of halogens is 1. The van der Waals surface area contributed by atoms with Crippen molar-refractivity contribution >= 4 is 28.8 Å². The van der Waals surface area contributed by atoms with Gasteiger partial charge >= 0.3 is 0 Å². The highest BCUT2D eigenvalue weighted by Gasteiger charge is 2.16. The highest BCUT2D eigenvalue weighted by molar-refractivity contribution is 7.17. The summed E-state index contributed by atoms with van der Waals surface area (Å²) < 4.78 is 0. The summed E-state index contributed by atoms with van der Waals surface area (Å²) in [7, 11) is 0. The number of amides is 1. The molecule has 0 atom stereocenters. The van der Waals surface area contributed by atoms with Crippen molar-refractivity contribution < 1.29 is 4.79 Å². The Balaban J connectivity index is 1.74. The SMILES string of the molecule is Cc1nc(-c2ccccn2)sc1C(=O)NCc1cccc(Cl)c1. The van der Waals surface area contributed by atoms with Crippen molar-refractivity contribution in [2.24, 2.45) is 0 Å². The van der Waals surface area contributed by atoms with Crippen LogP contribution >= 0.6 is 22.9 Å². The maximum absolute atomic E-state index is 12.4. The Labute approximate surface area is 143 Å². The number of aryl methyl sites for hydroxylation is 1. The van der Waals surface area contributed by atoms with Crippen LogP contribution in [0.3, 0.4) is 0 Å². The lowest BCUT2D eigenvalue weighted by Crippen LogP contribution is -2.22. The molecule has 1 aromatic carbocycles. The summed E-state index contributed by atoms with van der Waals surface area (Å²) in [5, 5.41) is 4.30. The fraction of sp³-hybridized carbons (Fsp3) is 0.118. The number of rotatable bonds is 4. The van der Waals surface area contributed by atoms with Crippen LogP contribution in [0.5, 0.6) is 0 Å². The van der Waals surface area contributed by atoms with E-state index in [1.165, 1.54) is 11.3 Å². The number of hydrogen-bond acceptors (Lipinski definition) is 4. The summed E-state index contributed by atoms with van der Waals surface area (Å²) >= 11 is 7.29. The number of hydrogen-bond donors (Lipinski definition) is 1. The van der Waals surface area contributed by atoms with Gasteiger partial charge in [0.15, 0.2) is 0 Å². The van der Waals surface area contributed by atoms with Crippen LogP contribution in [0.2, 0.25) is 5.02 Å². The topological polar surface area (TPSA) is 54.9 Å². The minimum Gasteiger partial charge on any atom is -0.347 e. The maximum Gasteiger partial charge on any atom is 0.263 e. The van der Waals surface area contributed by atoms with Gasteiger partial charge in [-0.1, -0.05) is 29.8 Å². The minimum atomic E-state index is -0.137. The molecule has 4 nitrogen and oxygen atoms in total. The van der Waals surface area contributed by atoms with Crippen LogP contribution in [-0.4, -0.2) is 15.9 Å². The molecule has 0 spiro atoms. The molecule has 2 aromatic heterocycles. The summed E-state index contributed by atoms with van der Waals surface area (Å²) in [6, 6.07) is 13.1. The number of thiazole rings is 1. The number of carbonyl (C=O) groups excluding carboxylic acids is 1. The first-order valence-electron chi connectivity index (χ1n) is 7.05. The summed E-state index contributed by atoms with van der Waals surface area (Å²) in [5.74, 6) is -0.137. The number of aromatic nitrogens is 2. The number of pyridine rings is 1. The van der Waals surface area contributed by atoms with E-state index in [-0.39, 0.29) is 5.91 Å². The average Bonchev–Trinajstić information content (AvgIpc) is 2.95. The predicted molar refractivity (Wildman–Crippen MR) is 92.7 cm³/mol. The fourth-order valence-electron chi connectivity index (χ4n) is 2.12. The van der Waals surface area contributed by atoms with Crippen LogP contribution in [0.15, 0.2) is 48.7 Å². The normalized spacial score (nSPS) is 10.5. The van der Waals surface area contributed by atoms with Crippen molar-refractivity contribution in [1.29, 1.82) is 0 Å². The standard InChI is InChI=1S/C17H14ClN3OS/c1-11-15(23-17(21-11)14-7-2-3-8-19-14)16(22)20-10-12-5-4-6-13(18)9-12/h2-9H,10H2,1H3,(H,20,22). The first-order valence-corrected chi connectivity index (χ1v) is 8.24. The van der Waals surface area contributed by atoms with Gasteiger partial charge in [-0.15, -0.1) is 11.3 Å². The first kappa shape index (κ1) is 15.6. The van der Waals surface area contributed by atoms with Gasteiger partial charge in [-0.3, -0.25) is 9.78 Å². The molecule has 0 aliphatic rings. The largest absolute Gasteiger partial charge is 0.347 e. The Kier molecular flexibility index (Phi) is 4.69. The molecular formula is C17H14ClN3OS. The minimum absolute atomic E-state index is 0.137. The number of benzene rings is 1. The number of carbonyl (C=O) groups is 1. The van der Waals surface area contributed by atoms with Gasteiger partial charge in [0.2, 0.25) is 0 Å². The van der Waals surface area contributed by atoms with Crippen LogP contribution in [0.25, 0.3) is 10.7 Å². The smallest absolute Gasteiger partial charge is 0.263 e. The highest BCUT2D eigenvalue weighted by atomic mass is 35.5. The molecule has 1 N–H and O–H groups in total. The molecule has 1 amide bonds. The monoisotopic (exact) mass is 343 g/mol. The lowest BCUT2D eigenvalue weighted by atomic mass is 10.2. The van der Waals surface area contributed by atoms with Gasteiger partial charge in [0.05, 0.1) is 11.4 Å². The molecule has 0 saturated carbocycles. The molecule has 23 heavy (non-hydrogen) atoms. The second-order valence-electron chi connectivity index (χ2n) is 4.96. The fourth-order valence-corrected chi connectivity index (χ4v) is 3.29. The van der Waals surface area contributed by atoms with Crippen LogP contribution < -0.4 is 5.32 Å². The molecule has 0 aliphatic carbocycles. The zero-order chi connectivity index (χ0) is 16.2. The van der Waals surface area contributed by atoms with Gasteiger partial charge in [-0.2, -0.15) is 0 Å². The maximum atomic E-state index is 12.4. The second kappa shape index (κ2) is 6.89. The van der Waals surface area contributed by atoms with E-state index in [1.807, 2.05) is 43.3 Å². The molecule has 0 fully saturated rings. The number of nitrogens with zero attached hydrogens (tertiary/aromatic N) is 2. The van der Waals surface area contributed by atoms with E-state index in [0.29, 0.717) is 22.1 Å². The molecule has 0 aliphatic heterocycles. The van der Waals surface area contributed by atoms with E-state index >= 15 is 0 Å². The lowest BCUT2D eigenvalue weighted by Gasteiger charge is -2.04. The molecular weight excluding hydrogens is 330 g/mol. The average molecular weight is 344 g/mol. The molecule has 0 radical (unpaired) electrons. The zero-order valence-corrected chi connectivity index (χ0v) is 14.0. The molecule has 0 saturated heterocycles. The Hall–Kier alpha value is -2.24. The number of nitrogens with one attached hydrogen (secondary N) is 1. The van der Waals surface area contributed by atoms with E-state index in [0.717, 1.165) is 16.3 Å². The molecule has 3 rings (SSSR count). The van der Waals surface area contributed by atoms with Crippen LogP contribution in [-0.2, 0) is 6.54 Å². The Morgan fingerprint density at radius 1 is 1.26 bits per heavy atom. The molecule has 2 heterocycles. The molecule has 6 heteroatoms. The molecule has 116 valence electrons. The van der Waals surface area contributed by atoms with Crippen molar-refractivity contribution in [3.8, 4) is 10.7 Å². The van der Waals surface area contributed by atoms with E-state index in [2.05, 4.69) is 15.3 Å². The van der Waals surface area contributed by atoms with Crippen LogP contribution in [0.1, 0.15) is 20.9 Å².